The first kappa shape index (κ1) is 20.3. The summed E-state index contributed by atoms with van der Waals surface area (Å²) in [6, 6.07) is 10.3. The maximum atomic E-state index is 12.4. The van der Waals surface area contributed by atoms with E-state index >= 15 is 0 Å². The van der Waals surface area contributed by atoms with Crippen molar-refractivity contribution in [3.63, 3.8) is 0 Å². The van der Waals surface area contributed by atoms with Crippen molar-refractivity contribution in [3.8, 4) is 0 Å². The molecule has 28 heavy (non-hydrogen) atoms. The molecule has 0 spiro atoms. The Hall–Kier alpha value is -2.41. The standard InChI is InChI=1S/C21H30N4O3/c1-15(16-9-7-6-8-10-16)25-13-18(22-23-25)17-11-12-24(14-19(17)27-5)20(26)28-21(2,3)4/h6-10,13,15,17,19H,11-12,14H2,1-5H3/t15?,17-,19+/m0/s1. The normalized spacial score (nSPS) is 21.4. The zero-order chi connectivity index (χ0) is 20.3. The van der Waals surface area contributed by atoms with E-state index in [1.54, 1.807) is 12.0 Å². The van der Waals surface area contributed by atoms with E-state index in [4.69, 9.17) is 9.47 Å². The third kappa shape index (κ3) is 4.70. The molecule has 7 heteroatoms. The summed E-state index contributed by atoms with van der Waals surface area (Å²) in [7, 11) is 1.67. The van der Waals surface area contributed by atoms with Crippen molar-refractivity contribution in [1.82, 2.24) is 19.9 Å². The Morgan fingerprint density at radius 3 is 2.61 bits per heavy atom. The second kappa shape index (κ2) is 8.31. The first-order chi connectivity index (χ1) is 13.3. The number of aromatic nitrogens is 3. The number of benzene rings is 1. The quantitative estimate of drug-likeness (QED) is 0.803. The Kier molecular flexibility index (Phi) is 6.03. The van der Waals surface area contributed by atoms with E-state index in [0.717, 1.165) is 12.1 Å². The zero-order valence-electron chi connectivity index (χ0n) is 17.3. The molecule has 0 bridgehead atoms. The highest BCUT2D eigenvalue weighted by Gasteiger charge is 2.36. The Balaban J connectivity index is 1.69. The Morgan fingerprint density at radius 2 is 1.96 bits per heavy atom. The van der Waals surface area contributed by atoms with Crippen molar-refractivity contribution in [3.05, 3.63) is 47.8 Å². The van der Waals surface area contributed by atoms with Gasteiger partial charge in [-0.3, -0.25) is 0 Å². The van der Waals surface area contributed by atoms with Crippen LogP contribution >= 0.6 is 0 Å². The minimum absolute atomic E-state index is 0.0976. The number of carbonyl (C=O) groups excluding carboxylic acids is 1. The predicted molar refractivity (Wildman–Crippen MR) is 106 cm³/mol. The van der Waals surface area contributed by atoms with E-state index in [1.165, 1.54) is 5.56 Å². The van der Waals surface area contributed by atoms with E-state index in [9.17, 15) is 4.79 Å². The molecular weight excluding hydrogens is 356 g/mol. The molecule has 0 saturated carbocycles. The van der Waals surface area contributed by atoms with Gasteiger partial charge >= 0.3 is 6.09 Å². The minimum Gasteiger partial charge on any atom is -0.444 e. The maximum Gasteiger partial charge on any atom is 0.410 e. The lowest BCUT2D eigenvalue weighted by molar-refractivity contribution is -0.0145. The summed E-state index contributed by atoms with van der Waals surface area (Å²) in [5.41, 5.74) is 1.58. The Bertz CT molecular complexity index is 784. The van der Waals surface area contributed by atoms with E-state index in [1.807, 2.05) is 49.8 Å². The van der Waals surface area contributed by atoms with Crippen molar-refractivity contribution < 1.29 is 14.3 Å². The van der Waals surface area contributed by atoms with Gasteiger partial charge in [0.1, 0.15) is 5.60 Å². The van der Waals surface area contributed by atoms with Crippen molar-refractivity contribution in [2.45, 2.75) is 57.8 Å². The number of rotatable bonds is 4. The third-order valence-corrected chi connectivity index (χ3v) is 5.10. The fourth-order valence-corrected chi connectivity index (χ4v) is 3.52. The van der Waals surface area contributed by atoms with Gasteiger partial charge in [0, 0.05) is 25.8 Å². The summed E-state index contributed by atoms with van der Waals surface area (Å²) >= 11 is 0. The number of piperidine rings is 1. The highest BCUT2D eigenvalue weighted by molar-refractivity contribution is 5.68. The van der Waals surface area contributed by atoms with E-state index in [-0.39, 0.29) is 24.2 Å². The van der Waals surface area contributed by atoms with Gasteiger partial charge < -0.3 is 14.4 Å². The molecule has 1 aromatic heterocycles. The number of amides is 1. The first-order valence-corrected chi connectivity index (χ1v) is 9.76. The largest absolute Gasteiger partial charge is 0.444 e. The van der Waals surface area contributed by atoms with Crippen LogP contribution in [0.3, 0.4) is 0 Å². The monoisotopic (exact) mass is 386 g/mol. The summed E-state index contributed by atoms with van der Waals surface area (Å²) < 4.78 is 13.1. The smallest absolute Gasteiger partial charge is 0.410 e. The average Bonchev–Trinajstić information content (AvgIpc) is 3.16. The van der Waals surface area contributed by atoms with Gasteiger partial charge in [0.25, 0.3) is 0 Å². The molecule has 0 radical (unpaired) electrons. The van der Waals surface area contributed by atoms with Gasteiger partial charge in [-0.25, -0.2) is 9.48 Å². The number of nitrogens with zero attached hydrogens (tertiary/aromatic N) is 4. The number of methoxy groups -OCH3 is 1. The molecule has 1 aliphatic rings. The van der Waals surface area contributed by atoms with Crippen LogP contribution in [0.4, 0.5) is 4.79 Å². The molecule has 1 unspecified atom stereocenters. The Morgan fingerprint density at radius 1 is 1.25 bits per heavy atom. The highest BCUT2D eigenvalue weighted by Crippen LogP contribution is 2.30. The second-order valence-electron chi connectivity index (χ2n) is 8.31. The fourth-order valence-electron chi connectivity index (χ4n) is 3.52. The number of hydrogen-bond acceptors (Lipinski definition) is 5. The van der Waals surface area contributed by atoms with Crippen molar-refractivity contribution in [2.75, 3.05) is 20.2 Å². The summed E-state index contributed by atoms with van der Waals surface area (Å²) in [4.78, 5) is 14.1. The van der Waals surface area contributed by atoms with Crippen LogP contribution in [0.2, 0.25) is 0 Å². The van der Waals surface area contributed by atoms with Crippen LogP contribution in [-0.2, 0) is 9.47 Å². The zero-order valence-corrected chi connectivity index (χ0v) is 17.3. The number of carbonyl (C=O) groups is 1. The summed E-state index contributed by atoms with van der Waals surface area (Å²) in [6.45, 7) is 8.82. The SMILES string of the molecule is CO[C@@H]1CN(C(=O)OC(C)(C)C)CC[C@H]1c1cn(C(C)c2ccccc2)nn1. The summed E-state index contributed by atoms with van der Waals surface area (Å²) in [5.74, 6) is 0.0976. The summed E-state index contributed by atoms with van der Waals surface area (Å²) in [6.07, 6.45) is 2.32. The fraction of sp³-hybridized carbons (Fsp3) is 0.571. The van der Waals surface area contributed by atoms with Crippen LogP contribution in [0.1, 0.15) is 57.3 Å². The first-order valence-electron chi connectivity index (χ1n) is 9.76. The van der Waals surface area contributed by atoms with Gasteiger partial charge in [-0.2, -0.15) is 0 Å². The molecule has 0 aliphatic carbocycles. The lowest BCUT2D eigenvalue weighted by atomic mass is 9.91. The van der Waals surface area contributed by atoms with Gasteiger partial charge in [0.15, 0.2) is 0 Å². The van der Waals surface area contributed by atoms with Crippen LogP contribution in [0.25, 0.3) is 0 Å². The molecule has 1 amide bonds. The van der Waals surface area contributed by atoms with Crippen LogP contribution in [-0.4, -0.2) is 57.9 Å². The van der Waals surface area contributed by atoms with Gasteiger partial charge in [0.05, 0.1) is 24.4 Å². The van der Waals surface area contributed by atoms with Gasteiger partial charge in [0.2, 0.25) is 0 Å². The number of likely N-dealkylation sites (tertiary alicyclic amines) is 1. The molecular formula is C21H30N4O3. The molecule has 1 aliphatic heterocycles. The number of ether oxygens (including phenoxy) is 2. The van der Waals surface area contributed by atoms with E-state index in [2.05, 4.69) is 29.4 Å². The molecule has 1 aromatic carbocycles. The molecule has 3 rings (SSSR count). The highest BCUT2D eigenvalue weighted by atomic mass is 16.6. The summed E-state index contributed by atoms with van der Waals surface area (Å²) in [5, 5.41) is 8.76. The minimum atomic E-state index is -0.507. The maximum absolute atomic E-state index is 12.4. The van der Waals surface area contributed by atoms with Crippen LogP contribution in [0.15, 0.2) is 36.5 Å². The molecule has 3 atom stereocenters. The van der Waals surface area contributed by atoms with Crippen LogP contribution in [0.5, 0.6) is 0 Å². The number of hydrogen-bond donors (Lipinski definition) is 0. The molecule has 1 fully saturated rings. The van der Waals surface area contributed by atoms with Crippen molar-refractivity contribution in [1.29, 1.82) is 0 Å². The topological polar surface area (TPSA) is 69.5 Å². The molecule has 152 valence electrons. The molecule has 2 heterocycles. The molecule has 0 N–H and O–H groups in total. The molecule has 2 aromatic rings. The van der Waals surface area contributed by atoms with Crippen LogP contribution < -0.4 is 0 Å². The molecule has 7 nitrogen and oxygen atoms in total. The molecule has 1 saturated heterocycles. The van der Waals surface area contributed by atoms with E-state index < -0.39 is 5.60 Å². The van der Waals surface area contributed by atoms with Gasteiger partial charge in [-0.1, -0.05) is 35.5 Å². The Labute approximate surface area is 166 Å². The predicted octanol–water partition coefficient (Wildman–Crippen LogP) is 3.63. The lowest BCUT2D eigenvalue weighted by Gasteiger charge is -2.37. The van der Waals surface area contributed by atoms with E-state index in [0.29, 0.717) is 13.1 Å². The van der Waals surface area contributed by atoms with Gasteiger partial charge in [-0.05, 0) is 39.7 Å². The second-order valence-corrected chi connectivity index (χ2v) is 8.31. The van der Waals surface area contributed by atoms with Crippen molar-refractivity contribution >= 4 is 6.09 Å². The lowest BCUT2D eigenvalue weighted by Crippen LogP contribution is -2.48. The average molecular weight is 386 g/mol. The van der Waals surface area contributed by atoms with Crippen LogP contribution in [0, 0.1) is 0 Å². The third-order valence-electron chi connectivity index (χ3n) is 5.10. The van der Waals surface area contributed by atoms with Gasteiger partial charge in [-0.15, -0.1) is 5.10 Å². The van der Waals surface area contributed by atoms with Crippen molar-refractivity contribution in [2.24, 2.45) is 0 Å².